The van der Waals surface area contributed by atoms with Gasteiger partial charge in [0.1, 0.15) is 5.60 Å². The van der Waals surface area contributed by atoms with Crippen molar-refractivity contribution >= 4 is 23.6 Å². The molecule has 29 heavy (non-hydrogen) atoms. The molecule has 0 spiro atoms. The van der Waals surface area contributed by atoms with Gasteiger partial charge < -0.3 is 15.0 Å². The molecule has 0 radical (unpaired) electrons. The molecule has 0 aromatic carbocycles. The number of imide groups is 1. The van der Waals surface area contributed by atoms with Crippen LogP contribution in [0.2, 0.25) is 0 Å². The summed E-state index contributed by atoms with van der Waals surface area (Å²) in [7, 11) is 0. The highest BCUT2D eigenvalue weighted by molar-refractivity contribution is 6.00. The van der Waals surface area contributed by atoms with Crippen LogP contribution in [-0.2, 0) is 14.3 Å². The molecule has 3 amide bonds. The number of anilines is 1. The minimum Gasteiger partial charge on any atom is -0.444 e. The van der Waals surface area contributed by atoms with E-state index < -0.39 is 5.60 Å². The summed E-state index contributed by atoms with van der Waals surface area (Å²) in [5.41, 5.74) is 1.12. The fourth-order valence-electron chi connectivity index (χ4n) is 3.60. The molecule has 3 rings (SSSR count). The van der Waals surface area contributed by atoms with E-state index in [1.807, 2.05) is 32.9 Å². The average molecular weight is 402 g/mol. The third kappa shape index (κ3) is 5.92. The monoisotopic (exact) mass is 402 g/mol. The molecule has 1 unspecified atom stereocenters. The quantitative estimate of drug-likeness (QED) is 0.751. The molecule has 2 aliphatic heterocycles. The maximum Gasteiger partial charge on any atom is 0.410 e. The van der Waals surface area contributed by atoms with E-state index in [0.717, 1.165) is 25.1 Å². The minimum absolute atomic E-state index is 0.220. The lowest BCUT2D eigenvalue weighted by molar-refractivity contribution is -0.134. The number of nitrogens with one attached hydrogen (secondary N) is 2. The summed E-state index contributed by atoms with van der Waals surface area (Å²) in [5, 5.41) is 5.76. The zero-order valence-electron chi connectivity index (χ0n) is 17.4. The number of piperidine rings is 2. The number of aromatic nitrogens is 1. The standard InChI is InChI=1S/C21H30N4O4/c1-21(2,3)29-20(28)25-10-8-14(9-11-25)12-22-15-4-6-17(23-13-15)16-5-7-18(26)24-19(16)27/h4,6,13-14,16,22H,5,7-12H2,1-3H3,(H,24,26,27). The van der Waals surface area contributed by atoms with Gasteiger partial charge in [-0.15, -0.1) is 0 Å². The molecule has 8 nitrogen and oxygen atoms in total. The summed E-state index contributed by atoms with van der Waals surface area (Å²) in [5.74, 6) is -0.379. The van der Waals surface area contributed by atoms with Crippen LogP contribution in [0.5, 0.6) is 0 Å². The van der Waals surface area contributed by atoms with Gasteiger partial charge in [-0.1, -0.05) is 0 Å². The van der Waals surface area contributed by atoms with Crippen LogP contribution in [0.4, 0.5) is 10.5 Å². The lowest BCUT2D eigenvalue weighted by atomic mass is 9.94. The fourth-order valence-corrected chi connectivity index (χ4v) is 3.60. The Kier molecular flexibility index (Phi) is 6.39. The molecular weight excluding hydrogens is 372 g/mol. The summed E-state index contributed by atoms with van der Waals surface area (Å²) in [4.78, 5) is 41.5. The molecule has 2 N–H and O–H groups in total. The van der Waals surface area contributed by atoms with E-state index in [-0.39, 0.29) is 23.8 Å². The largest absolute Gasteiger partial charge is 0.444 e. The maximum absolute atomic E-state index is 12.1. The molecule has 158 valence electrons. The van der Waals surface area contributed by atoms with Crippen molar-refractivity contribution in [1.82, 2.24) is 15.2 Å². The number of likely N-dealkylation sites (tertiary alicyclic amines) is 1. The van der Waals surface area contributed by atoms with Gasteiger partial charge in [-0.3, -0.25) is 19.9 Å². The lowest BCUT2D eigenvalue weighted by Gasteiger charge is -2.33. The number of ether oxygens (including phenoxy) is 1. The van der Waals surface area contributed by atoms with Crippen molar-refractivity contribution in [3.8, 4) is 0 Å². The van der Waals surface area contributed by atoms with Gasteiger partial charge in [0.25, 0.3) is 0 Å². The van der Waals surface area contributed by atoms with Gasteiger partial charge in [-0.05, 0) is 58.1 Å². The molecule has 2 aliphatic rings. The number of nitrogens with zero attached hydrogens (tertiary/aromatic N) is 2. The summed E-state index contributed by atoms with van der Waals surface area (Å²) in [6.45, 7) is 7.84. The number of carbonyl (C=O) groups is 3. The summed E-state index contributed by atoms with van der Waals surface area (Å²) < 4.78 is 5.43. The van der Waals surface area contributed by atoms with Crippen molar-refractivity contribution in [1.29, 1.82) is 0 Å². The number of hydrogen-bond donors (Lipinski definition) is 2. The predicted octanol–water partition coefficient (Wildman–Crippen LogP) is 2.66. The van der Waals surface area contributed by atoms with Crippen LogP contribution >= 0.6 is 0 Å². The Bertz CT molecular complexity index is 749. The highest BCUT2D eigenvalue weighted by Gasteiger charge is 2.29. The van der Waals surface area contributed by atoms with E-state index in [9.17, 15) is 14.4 Å². The van der Waals surface area contributed by atoms with Crippen molar-refractivity contribution in [2.75, 3.05) is 25.0 Å². The normalized spacial score (nSPS) is 20.9. The van der Waals surface area contributed by atoms with Gasteiger partial charge >= 0.3 is 6.09 Å². The van der Waals surface area contributed by atoms with Gasteiger partial charge in [0, 0.05) is 26.1 Å². The third-order valence-electron chi connectivity index (χ3n) is 5.24. The SMILES string of the molecule is CC(C)(C)OC(=O)N1CCC(CNc2ccc(C3CCC(=O)NC3=O)nc2)CC1. The van der Waals surface area contributed by atoms with Crippen molar-refractivity contribution in [3.63, 3.8) is 0 Å². The molecule has 0 saturated carbocycles. The Morgan fingerprint density at radius 2 is 1.97 bits per heavy atom. The molecule has 1 aromatic heterocycles. The first kappa shape index (κ1) is 21.1. The first-order chi connectivity index (χ1) is 13.7. The van der Waals surface area contributed by atoms with Gasteiger partial charge in [0.05, 0.1) is 23.5 Å². The van der Waals surface area contributed by atoms with Crippen LogP contribution in [0.15, 0.2) is 18.3 Å². The number of rotatable bonds is 4. The molecule has 8 heteroatoms. The van der Waals surface area contributed by atoms with E-state index >= 15 is 0 Å². The molecule has 3 heterocycles. The summed E-state index contributed by atoms with van der Waals surface area (Å²) in [6, 6.07) is 3.76. The van der Waals surface area contributed by atoms with Crippen LogP contribution in [0.25, 0.3) is 0 Å². The Hall–Kier alpha value is -2.64. The van der Waals surface area contributed by atoms with Crippen LogP contribution < -0.4 is 10.6 Å². The van der Waals surface area contributed by atoms with Crippen LogP contribution in [-0.4, -0.2) is 53.0 Å². The molecule has 2 fully saturated rings. The van der Waals surface area contributed by atoms with E-state index in [4.69, 9.17) is 4.74 Å². The number of carbonyl (C=O) groups excluding carboxylic acids is 3. The second-order valence-corrected chi connectivity index (χ2v) is 8.77. The molecule has 1 aromatic rings. The highest BCUT2D eigenvalue weighted by atomic mass is 16.6. The number of pyridine rings is 1. The first-order valence-corrected chi connectivity index (χ1v) is 10.2. The van der Waals surface area contributed by atoms with E-state index in [2.05, 4.69) is 15.6 Å². The summed E-state index contributed by atoms with van der Waals surface area (Å²) in [6.07, 6.45) is 4.19. The van der Waals surface area contributed by atoms with Crippen LogP contribution in [0, 0.1) is 5.92 Å². The smallest absolute Gasteiger partial charge is 0.410 e. The van der Waals surface area contributed by atoms with Crippen molar-refractivity contribution < 1.29 is 19.1 Å². The Labute approximate surface area is 171 Å². The highest BCUT2D eigenvalue weighted by Crippen LogP contribution is 2.24. The Balaban J connectivity index is 1.44. The fraction of sp³-hybridized carbons (Fsp3) is 0.619. The van der Waals surface area contributed by atoms with Gasteiger partial charge in [0.15, 0.2) is 0 Å². The Morgan fingerprint density at radius 3 is 2.55 bits per heavy atom. The summed E-state index contributed by atoms with van der Waals surface area (Å²) >= 11 is 0. The van der Waals surface area contributed by atoms with Crippen molar-refractivity contribution in [2.45, 2.75) is 58.0 Å². The molecule has 0 bridgehead atoms. The van der Waals surface area contributed by atoms with E-state index in [1.54, 1.807) is 11.1 Å². The third-order valence-corrected chi connectivity index (χ3v) is 5.24. The lowest BCUT2D eigenvalue weighted by Crippen LogP contribution is -2.42. The molecule has 1 atom stereocenters. The minimum atomic E-state index is -0.470. The second-order valence-electron chi connectivity index (χ2n) is 8.77. The van der Waals surface area contributed by atoms with Gasteiger partial charge in [-0.25, -0.2) is 4.79 Å². The number of hydrogen-bond acceptors (Lipinski definition) is 6. The van der Waals surface area contributed by atoms with Crippen molar-refractivity contribution in [2.24, 2.45) is 5.92 Å². The maximum atomic E-state index is 12.1. The van der Waals surface area contributed by atoms with Gasteiger partial charge in [-0.2, -0.15) is 0 Å². The zero-order chi connectivity index (χ0) is 21.0. The van der Waals surface area contributed by atoms with E-state index in [1.165, 1.54) is 0 Å². The first-order valence-electron chi connectivity index (χ1n) is 10.2. The topological polar surface area (TPSA) is 101 Å². The van der Waals surface area contributed by atoms with Crippen molar-refractivity contribution in [3.05, 3.63) is 24.0 Å². The average Bonchev–Trinajstić information content (AvgIpc) is 2.66. The zero-order valence-corrected chi connectivity index (χ0v) is 17.4. The van der Waals surface area contributed by atoms with Crippen LogP contribution in [0.3, 0.4) is 0 Å². The van der Waals surface area contributed by atoms with Gasteiger partial charge in [0.2, 0.25) is 11.8 Å². The predicted molar refractivity (Wildman–Crippen MR) is 108 cm³/mol. The number of amides is 3. The van der Waals surface area contributed by atoms with E-state index in [0.29, 0.717) is 37.5 Å². The second kappa shape index (κ2) is 8.80. The van der Waals surface area contributed by atoms with Crippen LogP contribution in [0.1, 0.15) is 58.1 Å². The molecule has 2 saturated heterocycles. The molecule has 0 aliphatic carbocycles. The molecular formula is C21H30N4O4. The Morgan fingerprint density at radius 1 is 1.24 bits per heavy atom.